The van der Waals surface area contributed by atoms with E-state index in [1.54, 1.807) is 0 Å². The van der Waals surface area contributed by atoms with Crippen molar-refractivity contribution in [3.63, 3.8) is 0 Å². The zero-order valence-corrected chi connectivity index (χ0v) is 9.12. The molecule has 1 aliphatic carbocycles. The standard InChI is InChI=1S/C11H21NO2/c1-8(2)11(14)12-10-6-4-3-5-9(10)7-13/h8-10,13H,3-7H2,1-2H3,(H,12,14). The van der Waals surface area contributed by atoms with Gasteiger partial charge in [-0.05, 0) is 12.8 Å². The van der Waals surface area contributed by atoms with Gasteiger partial charge < -0.3 is 10.4 Å². The molecule has 2 unspecified atom stereocenters. The summed E-state index contributed by atoms with van der Waals surface area (Å²) in [6.45, 7) is 3.99. The molecule has 0 spiro atoms. The Morgan fingerprint density at radius 1 is 1.43 bits per heavy atom. The summed E-state index contributed by atoms with van der Waals surface area (Å²) in [5.41, 5.74) is 0. The molecule has 3 nitrogen and oxygen atoms in total. The average molecular weight is 199 g/mol. The van der Waals surface area contributed by atoms with E-state index in [4.69, 9.17) is 5.11 Å². The Labute approximate surface area is 85.9 Å². The Hall–Kier alpha value is -0.570. The molecule has 0 aromatic heterocycles. The highest BCUT2D eigenvalue weighted by Gasteiger charge is 2.26. The molecule has 0 aromatic rings. The number of amides is 1. The Morgan fingerprint density at radius 3 is 2.64 bits per heavy atom. The molecule has 1 saturated carbocycles. The fraction of sp³-hybridized carbons (Fsp3) is 0.909. The van der Waals surface area contributed by atoms with E-state index in [0.29, 0.717) is 0 Å². The van der Waals surface area contributed by atoms with Gasteiger partial charge in [-0.3, -0.25) is 4.79 Å². The van der Waals surface area contributed by atoms with Gasteiger partial charge in [0, 0.05) is 24.5 Å². The molecule has 14 heavy (non-hydrogen) atoms. The van der Waals surface area contributed by atoms with Crippen LogP contribution in [0.4, 0.5) is 0 Å². The molecule has 0 saturated heterocycles. The molecule has 0 aliphatic heterocycles. The Morgan fingerprint density at radius 2 is 2.07 bits per heavy atom. The van der Waals surface area contributed by atoms with E-state index < -0.39 is 0 Å². The van der Waals surface area contributed by atoms with E-state index in [9.17, 15) is 4.79 Å². The minimum Gasteiger partial charge on any atom is -0.396 e. The number of hydrogen-bond donors (Lipinski definition) is 2. The first-order valence-corrected chi connectivity index (χ1v) is 5.56. The number of rotatable bonds is 3. The average Bonchev–Trinajstić information content (AvgIpc) is 2.18. The Kier molecular flexibility index (Phi) is 4.39. The smallest absolute Gasteiger partial charge is 0.222 e. The summed E-state index contributed by atoms with van der Waals surface area (Å²) >= 11 is 0. The van der Waals surface area contributed by atoms with Crippen LogP contribution in [0.5, 0.6) is 0 Å². The quantitative estimate of drug-likeness (QED) is 0.720. The molecule has 0 heterocycles. The van der Waals surface area contributed by atoms with Gasteiger partial charge in [-0.1, -0.05) is 26.7 Å². The summed E-state index contributed by atoms with van der Waals surface area (Å²) in [6.07, 6.45) is 4.40. The van der Waals surface area contributed by atoms with E-state index in [-0.39, 0.29) is 30.4 Å². The Balaban J connectivity index is 2.44. The fourth-order valence-electron chi connectivity index (χ4n) is 1.97. The van der Waals surface area contributed by atoms with Crippen LogP contribution >= 0.6 is 0 Å². The molecule has 3 heteroatoms. The first kappa shape index (κ1) is 11.5. The van der Waals surface area contributed by atoms with Gasteiger partial charge in [0.2, 0.25) is 5.91 Å². The lowest BCUT2D eigenvalue weighted by molar-refractivity contribution is -0.125. The van der Waals surface area contributed by atoms with Crippen LogP contribution in [0.25, 0.3) is 0 Å². The first-order chi connectivity index (χ1) is 6.65. The number of carbonyl (C=O) groups is 1. The number of carbonyl (C=O) groups excluding carboxylic acids is 1. The van der Waals surface area contributed by atoms with Crippen molar-refractivity contribution >= 4 is 5.91 Å². The van der Waals surface area contributed by atoms with Crippen LogP contribution in [0.15, 0.2) is 0 Å². The third kappa shape index (κ3) is 2.98. The Bertz CT molecular complexity index is 192. The molecule has 2 atom stereocenters. The molecular formula is C11H21NO2. The number of aliphatic hydroxyl groups excluding tert-OH is 1. The third-order valence-corrected chi connectivity index (χ3v) is 3.00. The second-order valence-electron chi connectivity index (χ2n) is 4.50. The second-order valence-corrected chi connectivity index (χ2v) is 4.50. The molecule has 82 valence electrons. The molecular weight excluding hydrogens is 178 g/mol. The van der Waals surface area contributed by atoms with Crippen molar-refractivity contribution in [3.05, 3.63) is 0 Å². The van der Waals surface area contributed by atoms with E-state index >= 15 is 0 Å². The van der Waals surface area contributed by atoms with E-state index in [2.05, 4.69) is 5.32 Å². The minimum atomic E-state index is 0.0382. The van der Waals surface area contributed by atoms with Gasteiger partial charge in [0.15, 0.2) is 0 Å². The van der Waals surface area contributed by atoms with Gasteiger partial charge in [0.05, 0.1) is 0 Å². The van der Waals surface area contributed by atoms with Gasteiger partial charge in [-0.25, -0.2) is 0 Å². The van der Waals surface area contributed by atoms with Crippen molar-refractivity contribution in [1.82, 2.24) is 5.32 Å². The highest BCUT2D eigenvalue weighted by atomic mass is 16.3. The van der Waals surface area contributed by atoms with Crippen molar-refractivity contribution in [2.45, 2.75) is 45.6 Å². The zero-order chi connectivity index (χ0) is 10.6. The lowest BCUT2D eigenvalue weighted by Crippen LogP contribution is -2.44. The predicted molar refractivity (Wildman–Crippen MR) is 55.8 cm³/mol. The van der Waals surface area contributed by atoms with Crippen LogP contribution < -0.4 is 5.32 Å². The van der Waals surface area contributed by atoms with Crippen LogP contribution in [-0.4, -0.2) is 23.7 Å². The van der Waals surface area contributed by atoms with Crippen LogP contribution in [0.3, 0.4) is 0 Å². The number of nitrogens with one attached hydrogen (secondary N) is 1. The normalized spacial score (nSPS) is 27.7. The van der Waals surface area contributed by atoms with E-state index in [1.807, 2.05) is 13.8 Å². The van der Waals surface area contributed by atoms with E-state index in [1.165, 1.54) is 12.8 Å². The number of aliphatic hydroxyl groups is 1. The lowest BCUT2D eigenvalue weighted by atomic mass is 9.85. The third-order valence-electron chi connectivity index (χ3n) is 3.00. The maximum absolute atomic E-state index is 11.5. The zero-order valence-electron chi connectivity index (χ0n) is 9.12. The summed E-state index contributed by atoms with van der Waals surface area (Å²) in [5, 5.41) is 12.2. The molecule has 1 aliphatic rings. The molecule has 0 aromatic carbocycles. The van der Waals surface area contributed by atoms with Crippen LogP contribution in [0.2, 0.25) is 0 Å². The lowest BCUT2D eigenvalue weighted by Gasteiger charge is -2.31. The maximum Gasteiger partial charge on any atom is 0.222 e. The number of hydrogen-bond acceptors (Lipinski definition) is 2. The first-order valence-electron chi connectivity index (χ1n) is 5.56. The van der Waals surface area contributed by atoms with Crippen molar-refractivity contribution in [2.24, 2.45) is 11.8 Å². The molecule has 1 amide bonds. The minimum absolute atomic E-state index is 0.0382. The van der Waals surface area contributed by atoms with Crippen LogP contribution in [0, 0.1) is 11.8 Å². The van der Waals surface area contributed by atoms with Gasteiger partial charge >= 0.3 is 0 Å². The molecule has 0 bridgehead atoms. The molecule has 1 fully saturated rings. The van der Waals surface area contributed by atoms with E-state index in [0.717, 1.165) is 12.8 Å². The summed E-state index contributed by atoms with van der Waals surface area (Å²) in [6, 6.07) is 0.198. The monoisotopic (exact) mass is 199 g/mol. The van der Waals surface area contributed by atoms with Gasteiger partial charge in [-0.15, -0.1) is 0 Å². The SMILES string of the molecule is CC(C)C(=O)NC1CCCCC1CO. The predicted octanol–water partition coefficient (Wildman–Crippen LogP) is 1.31. The summed E-state index contributed by atoms with van der Waals surface area (Å²) in [7, 11) is 0. The topological polar surface area (TPSA) is 49.3 Å². The van der Waals surface area contributed by atoms with Crippen molar-refractivity contribution < 1.29 is 9.90 Å². The highest BCUT2D eigenvalue weighted by molar-refractivity contribution is 5.78. The van der Waals surface area contributed by atoms with Crippen molar-refractivity contribution in [1.29, 1.82) is 0 Å². The fourth-order valence-corrected chi connectivity index (χ4v) is 1.97. The summed E-state index contributed by atoms with van der Waals surface area (Å²) < 4.78 is 0. The van der Waals surface area contributed by atoms with Crippen molar-refractivity contribution in [2.75, 3.05) is 6.61 Å². The molecule has 2 N–H and O–H groups in total. The van der Waals surface area contributed by atoms with Crippen molar-refractivity contribution in [3.8, 4) is 0 Å². The summed E-state index contributed by atoms with van der Waals surface area (Å²) in [4.78, 5) is 11.5. The van der Waals surface area contributed by atoms with Crippen LogP contribution in [-0.2, 0) is 4.79 Å². The largest absolute Gasteiger partial charge is 0.396 e. The van der Waals surface area contributed by atoms with Crippen LogP contribution in [0.1, 0.15) is 39.5 Å². The van der Waals surface area contributed by atoms with Gasteiger partial charge in [0.25, 0.3) is 0 Å². The van der Waals surface area contributed by atoms with Gasteiger partial charge in [0.1, 0.15) is 0 Å². The van der Waals surface area contributed by atoms with Gasteiger partial charge in [-0.2, -0.15) is 0 Å². The molecule has 0 radical (unpaired) electrons. The second kappa shape index (κ2) is 5.35. The maximum atomic E-state index is 11.5. The highest BCUT2D eigenvalue weighted by Crippen LogP contribution is 2.24. The molecule has 1 rings (SSSR count). The summed E-state index contributed by atoms with van der Waals surface area (Å²) in [5.74, 6) is 0.415.